The third-order valence-corrected chi connectivity index (χ3v) is 4.67. The van der Waals surface area contributed by atoms with Gasteiger partial charge in [0.05, 0.1) is 6.20 Å². The first-order valence-electron chi connectivity index (χ1n) is 8.27. The molecule has 0 aliphatic carbocycles. The lowest BCUT2D eigenvalue weighted by Crippen LogP contribution is -2.39. The Hall–Kier alpha value is -2.76. The molecule has 4 heterocycles. The van der Waals surface area contributed by atoms with Crippen molar-refractivity contribution in [2.75, 3.05) is 13.1 Å². The van der Waals surface area contributed by atoms with Gasteiger partial charge < -0.3 is 9.88 Å². The fourth-order valence-electron chi connectivity index (χ4n) is 3.34. The second-order valence-corrected chi connectivity index (χ2v) is 6.29. The first kappa shape index (κ1) is 14.8. The van der Waals surface area contributed by atoms with E-state index in [1.807, 2.05) is 23.4 Å². The van der Waals surface area contributed by atoms with Gasteiger partial charge in [0, 0.05) is 43.3 Å². The van der Waals surface area contributed by atoms with E-state index in [-0.39, 0.29) is 5.91 Å². The molecule has 1 saturated heterocycles. The van der Waals surface area contributed by atoms with Gasteiger partial charge >= 0.3 is 0 Å². The van der Waals surface area contributed by atoms with Crippen molar-refractivity contribution in [1.29, 1.82) is 0 Å². The van der Waals surface area contributed by atoms with Crippen molar-refractivity contribution in [3.8, 4) is 0 Å². The largest absolute Gasteiger partial charge is 0.346 e. The Labute approximate surface area is 140 Å². The van der Waals surface area contributed by atoms with E-state index in [0.29, 0.717) is 11.6 Å². The standard InChI is InChI=1S/C18H19N5O/c24-18(16-12-19-5-6-20-16)23-7-2-13(3-8-23)9-14-10-15-1-4-21-17(15)22-11-14/h1,4-6,10-13H,2-3,7-9H2,(H,21,22). The zero-order valence-corrected chi connectivity index (χ0v) is 13.4. The molecule has 0 saturated carbocycles. The smallest absolute Gasteiger partial charge is 0.274 e. The Bertz CT molecular complexity index is 837. The predicted molar refractivity (Wildman–Crippen MR) is 90.5 cm³/mol. The van der Waals surface area contributed by atoms with Gasteiger partial charge in [-0.25, -0.2) is 9.97 Å². The molecule has 0 radical (unpaired) electrons. The van der Waals surface area contributed by atoms with Crippen LogP contribution in [0.4, 0.5) is 0 Å². The van der Waals surface area contributed by atoms with Crippen molar-refractivity contribution in [3.63, 3.8) is 0 Å². The summed E-state index contributed by atoms with van der Waals surface area (Å²) in [5, 5.41) is 1.16. The number of nitrogens with one attached hydrogen (secondary N) is 1. The quantitative estimate of drug-likeness (QED) is 0.804. The van der Waals surface area contributed by atoms with E-state index < -0.39 is 0 Å². The highest BCUT2D eigenvalue weighted by Crippen LogP contribution is 2.23. The summed E-state index contributed by atoms with van der Waals surface area (Å²) in [5.74, 6) is 0.575. The third kappa shape index (κ3) is 2.99. The Kier molecular flexibility index (Phi) is 3.94. The molecule has 1 aliphatic rings. The number of rotatable bonds is 3. The normalized spacial score (nSPS) is 15.8. The van der Waals surface area contributed by atoms with E-state index in [4.69, 9.17) is 0 Å². The summed E-state index contributed by atoms with van der Waals surface area (Å²) < 4.78 is 0. The van der Waals surface area contributed by atoms with Gasteiger partial charge in [-0.05, 0) is 42.9 Å². The molecule has 24 heavy (non-hydrogen) atoms. The zero-order valence-electron chi connectivity index (χ0n) is 13.4. The molecule has 6 heteroatoms. The van der Waals surface area contributed by atoms with Crippen LogP contribution in [0, 0.1) is 5.92 Å². The van der Waals surface area contributed by atoms with E-state index in [0.717, 1.165) is 43.4 Å². The number of H-pyrrole nitrogens is 1. The summed E-state index contributed by atoms with van der Waals surface area (Å²) in [4.78, 5) is 29.9. The number of aromatic nitrogens is 4. The SMILES string of the molecule is O=C(c1cnccn1)N1CCC(Cc2cnc3[nH]ccc3c2)CC1. The van der Waals surface area contributed by atoms with Crippen LogP contribution < -0.4 is 0 Å². The van der Waals surface area contributed by atoms with Crippen molar-refractivity contribution < 1.29 is 4.79 Å². The molecule has 0 atom stereocenters. The highest BCUT2D eigenvalue weighted by atomic mass is 16.2. The Morgan fingerprint density at radius 3 is 2.88 bits per heavy atom. The molecule has 3 aromatic heterocycles. The molecule has 122 valence electrons. The van der Waals surface area contributed by atoms with Crippen molar-refractivity contribution in [3.05, 3.63) is 54.4 Å². The van der Waals surface area contributed by atoms with E-state index in [1.54, 1.807) is 12.4 Å². The van der Waals surface area contributed by atoms with Crippen LogP contribution >= 0.6 is 0 Å². The Morgan fingerprint density at radius 2 is 2.08 bits per heavy atom. The van der Waals surface area contributed by atoms with Gasteiger partial charge in [-0.1, -0.05) is 0 Å². The van der Waals surface area contributed by atoms with Gasteiger partial charge in [-0.3, -0.25) is 9.78 Å². The van der Waals surface area contributed by atoms with Gasteiger partial charge in [-0.2, -0.15) is 0 Å². The molecule has 6 nitrogen and oxygen atoms in total. The van der Waals surface area contributed by atoms with Crippen LogP contribution in [0.25, 0.3) is 11.0 Å². The summed E-state index contributed by atoms with van der Waals surface area (Å²) in [6, 6.07) is 4.25. The first-order valence-corrected chi connectivity index (χ1v) is 8.27. The maximum absolute atomic E-state index is 12.4. The number of hydrogen-bond acceptors (Lipinski definition) is 4. The van der Waals surface area contributed by atoms with Crippen molar-refractivity contribution >= 4 is 16.9 Å². The van der Waals surface area contributed by atoms with Crippen LogP contribution in [0.2, 0.25) is 0 Å². The van der Waals surface area contributed by atoms with Crippen molar-refractivity contribution in [2.24, 2.45) is 5.92 Å². The molecular formula is C18H19N5O. The van der Waals surface area contributed by atoms with E-state index >= 15 is 0 Å². The lowest BCUT2D eigenvalue weighted by molar-refractivity contribution is 0.0684. The molecule has 1 aliphatic heterocycles. The first-order chi connectivity index (χ1) is 11.8. The summed E-state index contributed by atoms with van der Waals surface area (Å²) in [7, 11) is 0. The lowest BCUT2D eigenvalue weighted by atomic mass is 9.90. The number of piperidine rings is 1. The average Bonchev–Trinajstić information content (AvgIpc) is 3.10. The monoisotopic (exact) mass is 321 g/mol. The molecule has 4 rings (SSSR count). The number of carbonyl (C=O) groups excluding carboxylic acids is 1. The molecule has 0 aromatic carbocycles. The van der Waals surface area contributed by atoms with Gasteiger partial charge in [0.2, 0.25) is 0 Å². The summed E-state index contributed by atoms with van der Waals surface area (Å²) in [5.41, 5.74) is 2.63. The Balaban J connectivity index is 1.36. The summed E-state index contributed by atoms with van der Waals surface area (Å²) in [6.45, 7) is 1.56. The molecule has 1 N–H and O–H groups in total. The van der Waals surface area contributed by atoms with Crippen LogP contribution in [-0.4, -0.2) is 43.8 Å². The van der Waals surface area contributed by atoms with Crippen LogP contribution in [0.3, 0.4) is 0 Å². The maximum Gasteiger partial charge on any atom is 0.274 e. The van der Waals surface area contributed by atoms with E-state index in [9.17, 15) is 4.79 Å². The second-order valence-electron chi connectivity index (χ2n) is 6.29. The number of aromatic amines is 1. The number of carbonyl (C=O) groups is 1. The molecule has 0 bridgehead atoms. The van der Waals surface area contributed by atoms with E-state index in [2.05, 4.69) is 26.0 Å². The number of amides is 1. The predicted octanol–water partition coefficient (Wildman–Crippen LogP) is 2.45. The fourth-order valence-corrected chi connectivity index (χ4v) is 3.34. The number of fused-ring (bicyclic) bond motifs is 1. The minimum atomic E-state index is -0.0167. The van der Waals surface area contributed by atoms with Crippen LogP contribution in [0.5, 0.6) is 0 Å². The van der Waals surface area contributed by atoms with Gasteiger partial charge in [0.15, 0.2) is 0 Å². The lowest BCUT2D eigenvalue weighted by Gasteiger charge is -2.31. The van der Waals surface area contributed by atoms with Gasteiger partial charge in [0.1, 0.15) is 11.3 Å². The van der Waals surface area contributed by atoms with Gasteiger partial charge in [-0.15, -0.1) is 0 Å². The van der Waals surface area contributed by atoms with Gasteiger partial charge in [0.25, 0.3) is 5.91 Å². The average molecular weight is 321 g/mol. The van der Waals surface area contributed by atoms with Crippen LogP contribution in [-0.2, 0) is 6.42 Å². The number of nitrogens with zero attached hydrogens (tertiary/aromatic N) is 4. The minimum absolute atomic E-state index is 0.0167. The fraction of sp³-hybridized carbons (Fsp3) is 0.333. The van der Waals surface area contributed by atoms with Crippen molar-refractivity contribution in [2.45, 2.75) is 19.3 Å². The molecule has 1 fully saturated rings. The highest BCUT2D eigenvalue weighted by molar-refractivity contribution is 5.92. The number of likely N-dealkylation sites (tertiary alicyclic amines) is 1. The third-order valence-electron chi connectivity index (χ3n) is 4.67. The molecule has 1 amide bonds. The zero-order chi connectivity index (χ0) is 16.4. The topological polar surface area (TPSA) is 74.8 Å². The summed E-state index contributed by atoms with van der Waals surface area (Å²) >= 11 is 0. The van der Waals surface area contributed by atoms with Crippen molar-refractivity contribution in [1.82, 2.24) is 24.8 Å². The van der Waals surface area contributed by atoms with E-state index in [1.165, 1.54) is 11.8 Å². The molecular weight excluding hydrogens is 302 g/mol. The number of pyridine rings is 1. The Morgan fingerprint density at radius 1 is 1.21 bits per heavy atom. The molecule has 3 aromatic rings. The van der Waals surface area contributed by atoms with Crippen LogP contribution in [0.15, 0.2) is 43.1 Å². The molecule has 0 spiro atoms. The highest BCUT2D eigenvalue weighted by Gasteiger charge is 2.24. The molecule has 0 unspecified atom stereocenters. The second kappa shape index (κ2) is 6.39. The number of hydrogen-bond donors (Lipinski definition) is 1. The summed E-state index contributed by atoms with van der Waals surface area (Å²) in [6.07, 6.45) is 11.6. The van der Waals surface area contributed by atoms with Crippen LogP contribution in [0.1, 0.15) is 28.9 Å². The maximum atomic E-state index is 12.4. The minimum Gasteiger partial charge on any atom is -0.346 e.